The van der Waals surface area contributed by atoms with Crippen LogP contribution in [0.5, 0.6) is 0 Å². The van der Waals surface area contributed by atoms with Crippen LogP contribution in [0.3, 0.4) is 0 Å². The third kappa shape index (κ3) is 8.66. The standard InChI is InChI=1S/C19H40N2O2Si2/c1-19(2,3)25(7,8)23-14-10-9-11-18-12-13-20-21(18)17-22-15-16-24(4,5)6/h12-13H,9-11,14-17H2,1-8H3. The summed E-state index contributed by atoms with van der Waals surface area (Å²) in [6.45, 7) is 20.9. The molecule has 146 valence electrons. The first-order valence-electron chi connectivity index (χ1n) is 9.65. The highest BCUT2D eigenvalue weighted by atomic mass is 28.4. The predicted molar refractivity (Wildman–Crippen MR) is 112 cm³/mol. The summed E-state index contributed by atoms with van der Waals surface area (Å²) >= 11 is 0. The summed E-state index contributed by atoms with van der Waals surface area (Å²) in [7, 11) is -2.62. The Kier molecular flexibility index (Phi) is 8.58. The summed E-state index contributed by atoms with van der Waals surface area (Å²) in [6, 6.07) is 3.31. The van der Waals surface area contributed by atoms with E-state index < -0.39 is 16.4 Å². The van der Waals surface area contributed by atoms with E-state index in [-0.39, 0.29) is 0 Å². The van der Waals surface area contributed by atoms with E-state index in [2.05, 4.69) is 64.7 Å². The summed E-state index contributed by atoms with van der Waals surface area (Å²) in [5.74, 6) is 0. The van der Waals surface area contributed by atoms with Crippen LogP contribution in [-0.2, 0) is 22.3 Å². The first-order chi connectivity index (χ1) is 11.4. The molecule has 4 nitrogen and oxygen atoms in total. The van der Waals surface area contributed by atoms with Gasteiger partial charge in [0, 0.05) is 33.2 Å². The van der Waals surface area contributed by atoms with E-state index in [0.717, 1.165) is 32.5 Å². The monoisotopic (exact) mass is 384 g/mol. The van der Waals surface area contributed by atoms with Crippen molar-refractivity contribution < 1.29 is 9.16 Å². The van der Waals surface area contributed by atoms with Crippen LogP contribution in [0.2, 0.25) is 43.8 Å². The van der Waals surface area contributed by atoms with Crippen molar-refractivity contribution in [3.05, 3.63) is 18.0 Å². The number of aromatic nitrogens is 2. The maximum atomic E-state index is 6.25. The van der Waals surface area contributed by atoms with Crippen molar-refractivity contribution in [2.45, 2.75) is 90.6 Å². The summed E-state index contributed by atoms with van der Waals surface area (Å²) in [6.07, 6.45) is 5.16. The van der Waals surface area contributed by atoms with Crippen molar-refractivity contribution in [2.24, 2.45) is 0 Å². The molecule has 0 bridgehead atoms. The molecule has 0 radical (unpaired) electrons. The van der Waals surface area contributed by atoms with Gasteiger partial charge in [-0.05, 0) is 49.5 Å². The molecule has 1 aromatic heterocycles. The van der Waals surface area contributed by atoms with Crippen LogP contribution < -0.4 is 0 Å². The zero-order valence-electron chi connectivity index (χ0n) is 17.8. The zero-order chi connectivity index (χ0) is 19.1. The molecule has 0 saturated heterocycles. The molecule has 0 aliphatic rings. The second-order valence-corrected chi connectivity index (χ2v) is 20.2. The Morgan fingerprint density at radius 3 is 2.32 bits per heavy atom. The normalized spacial score (nSPS) is 13.4. The molecule has 0 aliphatic carbocycles. The van der Waals surface area contributed by atoms with E-state index in [4.69, 9.17) is 9.16 Å². The zero-order valence-corrected chi connectivity index (χ0v) is 19.8. The van der Waals surface area contributed by atoms with Gasteiger partial charge in [0.25, 0.3) is 0 Å². The van der Waals surface area contributed by atoms with Gasteiger partial charge in [0.2, 0.25) is 0 Å². The molecule has 0 unspecified atom stereocenters. The molecule has 0 atom stereocenters. The topological polar surface area (TPSA) is 36.3 Å². The highest BCUT2D eigenvalue weighted by molar-refractivity contribution is 6.76. The van der Waals surface area contributed by atoms with Gasteiger partial charge in [-0.15, -0.1) is 0 Å². The number of ether oxygens (including phenoxy) is 1. The van der Waals surface area contributed by atoms with Gasteiger partial charge in [-0.25, -0.2) is 4.68 Å². The van der Waals surface area contributed by atoms with E-state index >= 15 is 0 Å². The molecule has 1 aromatic rings. The Morgan fingerprint density at radius 2 is 1.72 bits per heavy atom. The number of unbranched alkanes of at least 4 members (excludes halogenated alkanes) is 1. The fourth-order valence-corrected chi connectivity index (χ4v) is 4.01. The minimum atomic E-state index is -1.60. The molecule has 0 aromatic carbocycles. The van der Waals surface area contributed by atoms with E-state index in [1.54, 1.807) is 0 Å². The smallest absolute Gasteiger partial charge is 0.191 e. The molecule has 0 saturated carbocycles. The van der Waals surface area contributed by atoms with Gasteiger partial charge in [0.1, 0.15) is 6.73 Å². The summed E-state index contributed by atoms with van der Waals surface area (Å²) in [5.41, 5.74) is 1.26. The molecule has 0 N–H and O–H groups in total. The Bertz CT molecular complexity index is 502. The molecule has 6 heteroatoms. The first-order valence-corrected chi connectivity index (χ1v) is 16.3. The summed E-state index contributed by atoms with van der Waals surface area (Å²) < 4.78 is 14.1. The maximum Gasteiger partial charge on any atom is 0.191 e. The average molecular weight is 385 g/mol. The van der Waals surface area contributed by atoms with E-state index in [0.29, 0.717) is 11.8 Å². The van der Waals surface area contributed by atoms with Crippen LogP contribution in [0, 0.1) is 0 Å². The molecular formula is C19H40N2O2Si2. The third-order valence-electron chi connectivity index (χ3n) is 5.11. The molecule has 25 heavy (non-hydrogen) atoms. The minimum absolute atomic E-state index is 0.291. The summed E-state index contributed by atoms with van der Waals surface area (Å²) in [5, 5.41) is 4.69. The lowest BCUT2D eigenvalue weighted by Gasteiger charge is -2.36. The van der Waals surface area contributed by atoms with Crippen molar-refractivity contribution in [1.29, 1.82) is 0 Å². The number of rotatable bonds is 11. The van der Waals surface area contributed by atoms with Gasteiger partial charge in [0.15, 0.2) is 8.32 Å². The van der Waals surface area contributed by atoms with E-state index in [1.165, 1.54) is 11.7 Å². The Morgan fingerprint density at radius 1 is 1.04 bits per heavy atom. The van der Waals surface area contributed by atoms with Crippen LogP contribution in [0.1, 0.15) is 39.3 Å². The van der Waals surface area contributed by atoms with Crippen LogP contribution in [0.4, 0.5) is 0 Å². The van der Waals surface area contributed by atoms with Crippen molar-refractivity contribution in [3.8, 4) is 0 Å². The molecule has 0 aliphatic heterocycles. The largest absolute Gasteiger partial charge is 0.417 e. The van der Waals surface area contributed by atoms with Gasteiger partial charge < -0.3 is 9.16 Å². The predicted octanol–water partition coefficient (Wildman–Crippen LogP) is 5.54. The Balaban J connectivity index is 2.27. The van der Waals surface area contributed by atoms with Crippen LogP contribution >= 0.6 is 0 Å². The molecule has 1 rings (SSSR count). The second-order valence-electron chi connectivity index (χ2n) is 9.74. The van der Waals surface area contributed by atoms with E-state index in [9.17, 15) is 0 Å². The summed E-state index contributed by atoms with van der Waals surface area (Å²) in [4.78, 5) is 0. The van der Waals surface area contributed by atoms with Crippen molar-refractivity contribution in [1.82, 2.24) is 9.78 Å². The van der Waals surface area contributed by atoms with Crippen LogP contribution in [0.25, 0.3) is 0 Å². The number of hydrogen-bond donors (Lipinski definition) is 0. The fourth-order valence-electron chi connectivity index (χ4n) is 2.17. The molecule has 0 spiro atoms. The fraction of sp³-hybridized carbons (Fsp3) is 0.842. The molecule has 0 fully saturated rings. The maximum absolute atomic E-state index is 6.25. The van der Waals surface area contributed by atoms with Gasteiger partial charge in [0.05, 0.1) is 0 Å². The van der Waals surface area contributed by atoms with Crippen LogP contribution in [-0.4, -0.2) is 39.4 Å². The van der Waals surface area contributed by atoms with Crippen LogP contribution in [0.15, 0.2) is 12.3 Å². The van der Waals surface area contributed by atoms with Gasteiger partial charge in [-0.3, -0.25) is 0 Å². The number of hydrogen-bond acceptors (Lipinski definition) is 3. The molecule has 0 amide bonds. The molecule has 1 heterocycles. The number of aryl methyl sites for hydroxylation is 1. The number of nitrogens with zero attached hydrogens (tertiary/aromatic N) is 2. The minimum Gasteiger partial charge on any atom is -0.417 e. The third-order valence-corrected chi connectivity index (χ3v) is 11.4. The van der Waals surface area contributed by atoms with Gasteiger partial charge in [-0.1, -0.05) is 40.4 Å². The Hall–Kier alpha value is -0.436. The lowest BCUT2D eigenvalue weighted by molar-refractivity contribution is 0.0764. The van der Waals surface area contributed by atoms with Crippen molar-refractivity contribution in [3.63, 3.8) is 0 Å². The first kappa shape index (κ1) is 22.6. The average Bonchev–Trinajstić information content (AvgIpc) is 2.88. The highest BCUT2D eigenvalue weighted by Crippen LogP contribution is 2.36. The lowest BCUT2D eigenvalue weighted by atomic mass is 10.2. The molecular weight excluding hydrogens is 344 g/mol. The van der Waals surface area contributed by atoms with E-state index in [1.807, 2.05) is 10.9 Å². The van der Waals surface area contributed by atoms with Gasteiger partial charge >= 0.3 is 0 Å². The Labute approximate surface area is 157 Å². The quantitative estimate of drug-likeness (QED) is 0.371. The lowest BCUT2D eigenvalue weighted by Crippen LogP contribution is -2.40. The van der Waals surface area contributed by atoms with Crippen molar-refractivity contribution >= 4 is 16.4 Å². The van der Waals surface area contributed by atoms with Crippen molar-refractivity contribution in [2.75, 3.05) is 13.2 Å². The van der Waals surface area contributed by atoms with Gasteiger partial charge in [-0.2, -0.15) is 5.10 Å². The second kappa shape index (κ2) is 9.49. The highest BCUT2D eigenvalue weighted by Gasteiger charge is 2.36. The SMILES string of the molecule is CC(C)(C)[Si](C)(C)OCCCCc1ccnn1COCC[Si](C)(C)C.